The van der Waals surface area contributed by atoms with E-state index in [1.165, 1.54) is 12.1 Å². The number of pyridine rings is 1. The highest BCUT2D eigenvalue weighted by atomic mass is 19.4. The minimum absolute atomic E-state index is 0.296. The van der Waals surface area contributed by atoms with Gasteiger partial charge in [0.25, 0.3) is 0 Å². The summed E-state index contributed by atoms with van der Waals surface area (Å²) >= 11 is 0. The molecule has 4 rings (SSSR count). The van der Waals surface area contributed by atoms with Gasteiger partial charge in [0.1, 0.15) is 5.82 Å². The van der Waals surface area contributed by atoms with Crippen LogP contribution in [0.15, 0.2) is 29.3 Å². The molecule has 0 unspecified atom stereocenters. The van der Waals surface area contributed by atoms with Crippen molar-refractivity contribution in [2.75, 3.05) is 18.0 Å². The van der Waals surface area contributed by atoms with Gasteiger partial charge in [0, 0.05) is 36.1 Å². The summed E-state index contributed by atoms with van der Waals surface area (Å²) in [5.41, 5.74) is 2.79. The van der Waals surface area contributed by atoms with E-state index >= 15 is 0 Å². The second-order valence-electron chi connectivity index (χ2n) is 6.56. The highest BCUT2D eigenvalue weighted by Gasteiger charge is 2.33. The molecule has 0 amide bonds. The molecule has 1 aromatic heterocycles. The fraction of sp³-hybridized carbons (Fsp3) is 0.368. The van der Waals surface area contributed by atoms with E-state index in [4.69, 9.17) is 0 Å². The first-order chi connectivity index (χ1) is 11.9. The van der Waals surface area contributed by atoms with Crippen LogP contribution in [0.5, 0.6) is 0 Å². The van der Waals surface area contributed by atoms with Gasteiger partial charge in [-0.25, -0.2) is 4.98 Å². The molecule has 0 spiro atoms. The van der Waals surface area contributed by atoms with Gasteiger partial charge in [-0.15, -0.1) is 0 Å². The summed E-state index contributed by atoms with van der Waals surface area (Å²) in [7, 11) is 0. The number of benzene rings is 1. The Kier molecular flexibility index (Phi) is 3.78. The third-order valence-corrected chi connectivity index (χ3v) is 4.87. The number of rotatable bonds is 2. The minimum atomic E-state index is -4.37. The molecule has 0 N–H and O–H groups in total. The number of nitrogens with zero attached hydrogens (tertiary/aromatic N) is 3. The van der Waals surface area contributed by atoms with E-state index in [-0.39, 0.29) is 0 Å². The van der Waals surface area contributed by atoms with Gasteiger partial charge in [-0.3, -0.25) is 4.99 Å². The summed E-state index contributed by atoms with van der Waals surface area (Å²) in [5, 5.41) is 0. The number of aryl methyl sites for hydroxylation is 1. The van der Waals surface area contributed by atoms with Gasteiger partial charge < -0.3 is 4.90 Å². The lowest BCUT2D eigenvalue weighted by Gasteiger charge is -2.19. The Morgan fingerprint density at radius 1 is 1.04 bits per heavy atom. The first-order valence-electron chi connectivity index (χ1n) is 8.40. The Hall–Kier alpha value is -2.37. The number of hydrogen-bond acceptors (Lipinski definition) is 3. The molecule has 2 aliphatic heterocycles. The number of alkyl halides is 3. The maximum atomic E-state index is 13.3. The molecule has 2 aromatic rings. The number of hydrogen-bond donors (Lipinski definition) is 0. The largest absolute Gasteiger partial charge is 0.416 e. The molecule has 1 fully saturated rings. The maximum absolute atomic E-state index is 13.3. The third-order valence-electron chi connectivity index (χ3n) is 4.87. The second kappa shape index (κ2) is 5.86. The highest BCUT2D eigenvalue weighted by molar-refractivity contribution is 5.95. The molecule has 0 saturated carbocycles. The van der Waals surface area contributed by atoms with Gasteiger partial charge in [-0.05, 0) is 55.2 Å². The van der Waals surface area contributed by atoms with Crippen LogP contribution in [0.1, 0.15) is 35.2 Å². The van der Waals surface area contributed by atoms with Gasteiger partial charge in [-0.2, -0.15) is 13.2 Å². The van der Waals surface area contributed by atoms with Crippen LogP contribution in [0, 0.1) is 6.92 Å². The lowest BCUT2D eigenvalue weighted by molar-refractivity contribution is -0.137. The number of anilines is 1. The fourth-order valence-corrected chi connectivity index (χ4v) is 3.57. The van der Waals surface area contributed by atoms with Crippen molar-refractivity contribution in [3.05, 3.63) is 46.6 Å². The maximum Gasteiger partial charge on any atom is 0.416 e. The molecule has 25 heavy (non-hydrogen) atoms. The topological polar surface area (TPSA) is 28.5 Å². The first-order valence-corrected chi connectivity index (χ1v) is 8.40. The summed E-state index contributed by atoms with van der Waals surface area (Å²) in [6, 6.07) is 6.22. The number of aliphatic imine (C=N–C) groups is 1. The summed E-state index contributed by atoms with van der Waals surface area (Å²) < 4.78 is 39.8. The predicted molar refractivity (Wildman–Crippen MR) is 92.2 cm³/mol. The standard InChI is InChI=1S/C19H18F3N3/c1-12-15(4-5-18(24-12)25-6-2-3-7-25)16-9-14(19(20,21)22)8-13-10-23-11-17(13)16/h4-5,8-9,11H,2-3,6-7,10H2,1H3. The zero-order chi connectivity index (χ0) is 17.6. The monoisotopic (exact) mass is 345 g/mol. The molecule has 1 saturated heterocycles. The molecule has 130 valence electrons. The molecule has 3 nitrogen and oxygen atoms in total. The van der Waals surface area contributed by atoms with Crippen molar-refractivity contribution < 1.29 is 13.2 Å². The Bertz CT molecular complexity index is 850. The van der Waals surface area contributed by atoms with Crippen LogP contribution >= 0.6 is 0 Å². The van der Waals surface area contributed by atoms with E-state index in [2.05, 4.69) is 14.9 Å². The number of aromatic nitrogens is 1. The van der Waals surface area contributed by atoms with E-state index in [0.717, 1.165) is 48.6 Å². The normalized spacial score (nSPS) is 16.6. The molecule has 1 aromatic carbocycles. The van der Waals surface area contributed by atoms with Gasteiger partial charge in [0.2, 0.25) is 0 Å². The van der Waals surface area contributed by atoms with Crippen molar-refractivity contribution in [3.63, 3.8) is 0 Å². The van der Waals surface area contributed by atoms with Gasteiger partial charge in [0.05, 0.1) is 12.1 Å². The van der Waals surface area contributed by atoms with Crippen molar-refractivity contribution in [1.29, 1.82) is 0 Å². The molecule has 0 radical (unpaired) electrons. The highest BCUT2D eigenvalue weighted by Crippen LogP contribution is 2.38. The summed E-state index contributed by atoms with van der Waals surface area (Å²) in [5.74, 6) is 0.899. The fourth-order valence-electron chi connectivity index (χ4n) is 3.57. The van der Waals surface area contributed by atoms with E-state index < -0.39 is 11.7 Å². The van der Waals surface area contributed by atoms with E-state index in [1.54, 1.807) is 6.21 Å². The third kappa shape index (κ3) is 2.90. The van der Waals surface area contributed by atoms with Crippen molar-refractivity contribution >= 4 is 12.0 Å². The van der Waals surface area contributed by atoms with Crippen LogP contribution in [0.25, 0.3) is 11.1 Å². The molecule has 2 aliphatic rings. The second-order valence-corrected chi connectivity index (χ2v) is 6.56. The summed E-state index contributed by atoms with van der Waals surface area (Å²) in [6.45, 7) is 4.12. The Balaban J connectivity index is 1.81. The van der Waals surface area contributed by atoms with Crippen LogP contribution in [0.3, 0.4) is 0 Å². The van der Waals surface area contributed by atoms with Gasteiger partial charge in [0.15, 0.2) is 0 Å². The van der Waals surface area contributed by atoms with Crippen molar-refractivity contribution in [1.82, 2.24) is 4.98 Å². The average molecular weight is 345 g/mol. The van der Waals surface area contributed by atoms with Crippen molar-refractivity contribution in [3.8, 4) is 11.1 Å². The number of halogens is 3. The van der Waals surface area contributed by atoms with Gasteiger partial charge in [-0.1, -0.05) is 0 Å². The Labute approximate surface area is 144 Å². The lowest BCUT2D eigenvalue weighted by Crippen LogP contribution is -2.19. The predicted octanol–water partition coefficient (Wildman–Crippen LogP) is 4.61. The lowest BCUT2D eigenvalue weighted by atomic mass is 9.93. The molecule has 6 heteroatoms. The molecular formula is C19H18F3N3. The van der Waals surface area contributed by atoms with Crippen LogP contribution in [-0.4, -0.2) is 24.3 Å². The molecular weight excluding hydrogens is 327 g/mol. The summed E-state index contributed by atoms with van der Waals surface area (Å²) in [6.07, 6.45) is -0.401. The van der Waals surface area contributed by atoms with Crippen LogP contribution in [-0.2, 0) is 12.7 Å². The van der Waals surface area contributed by atoms with Crippen LogP contribution in [0.2, 0.25) is 0 Å². The van der Waals surface area contributed by atoms with E-state index in [1.807, 2.05) is 19.1 Å². The molecule has 3 heterocycles. The first kappa shape index (κ1) is 16.1. The van der Waals surface area contributed by atoms with Crippen LogP contribution < -0.4 is 4.90 Å². The smallest absolute Gasteiger partial charge is 0.357 e. The SMILES string of the molecule is Cc1nc(N2CCCC2)ccc1-c1cc(C(F)(F)F)cc2c1C=NC2. The molecule has 0 atom stereocenters. The van der Waals surface area contributed by atoms with E-state index in [0.29, 0.717) is 17.7 Å². The molecule has 0 aliphatic carbocycles. The van der Waals surface area contributed by atoms with Crippen LogP contribution in [0.4, 0.5) is 19.0 Å². The average Bonchev–Trinajstić information content (AvgIpc) is 3.24. The van der Waals surface area contributed by atoms with Crippen molar-refractivity contribution in [2.45, 2.75) is 32.5 Å². The van der Waals surface area contributed by atoms with Crippen molar-refractivity contribution in [2.24, 2.45) is 4.99 Å². The minimum Gasteiger partial charge on any atom is -0.357 e. The zero-order valence-electron chi connectivity index (χ0n) is 13.9. The Morgan fingerprint density at radius 3 is 2.48 bits per heavy atom. The zero-order valence-corrected chi connectivity index (χ0v) is 13.9. The quantitative estimate of drug-likeness (QED) is 0.795. The number of fused-ring (bicyclic) bond motifs is 1. The van der Waals surface area contributed by atoms with Gasteiger partial charge >= 0.3 is 6.18 Å². The Morgan fingerprint density at radius 2 is 1.80 bits per heavy atom. The van der Waals surface area contributed by atoms with E-state index in [9.17, 15) is 13.2 Å². The summed E-state index contributed by atoms with van der Waals surface area (Å²) in [4.78, 5) is 11.0. The molecule has 0 bridgehead atoms.